The lowest BCUT2D eigenvalue weighted by Crippen LogP contribution is -2.41. The van der Waals surface area contributed by atoms with Crippen molar-refractivity contribution in [3.63, 3.8) is 0 Å². The zero-order valence-corrected chi connectivity index (χ0v) is 12.8. The second-order valence-electron chi connectivity index (χ2n) is 4.85. The molecule has 1 saturated heterocycles. The maximum atomic E-state index is 13.7. The van der Waals surface area contributed by atoms with Crippen LogP contribution in [0.4, 0.5) is 8.78 Å². The molecule has 1 aliphatic heterocycles. The Labute approximate surface area is 125 Å². The maximum Gasteiger partial charge on any atom is 0.227 e. The minimum absolute atomic E-state index is 0.0621. The van der Waals surface area contributed by atoms with Crippen LogP contribution in [0, 0.1) is 11.6 Å². The number of methoxy groups -OCH3 is 1. The van der Waals surface area contributed by atoms with Gasteiger partial charge < -0.3 is 9.64 Å². The van der Waals surface area contributed by atoms with Crippen molar-refractivity contribution >= 4 is 21.8 Å². The smallest absolute Gasteiger partial charge is 0.227 e. The number of hydrogen-bond acceptors (Lipinski definition) is 2. The van der Waals surface area contributed by atoms with Crippen molar-refractivity contribution in [2.45, 2.75) is 25.4 Å². The third-order valence-corrected chi connectivity index (χ3v) is 4.17. The summed E-state index contributed by atoms with van der Waals surface area (Å²) in [6, 6.07) is 2.12. The van der Waals surface area contributed by atoms with Gasteiger partial charge in [-0.1, -0.05) is 0 Å². The van der Waals surface area contributed by atoms with E-state index in [0.717, 1.165) is 25.0 Å². The highest BCUT2D eigenvalue weighted by molar-refractivity contribution is 9.10. The number of likely N-dealkylation sites (tertiary alicyclic amines) is 1. The van der Waals surface area contributed by atoms with Crippen molar-refractivity contribution in [2.24, 2.45) is 0 Å². The van der Waals surface area contributed by atoms with Crippen LogP contribution in [-0.2, 0) is 16.0 Å². The molecule has 0 spiro atoms. The van der Waals surface area contributed by atoms with Gasteiger partial charge >= 0.3 is 0 Å². The summed E-state index contributed by atoms with van der Waals surface area (Å²) < 4.78 is 32.4. The van der Waals surface area contributed by atoms with Gasteiger partial charge in [0.05, 0.1) is 17.0 Å². The van der Waals surface area contributed by atoms with Crippen LogP contribution in [0.1, 0.15) is 18.4 Å². The molecular formula is C14H16BrF2NO2. The fourth-order valence-electron chi connectivity index (χ4n) is 2.31. The van der Waals surface area contributed by atoms with Gasteiger partial charge in [0.15, 0.2) is 0 Å². The monoisotopic (exact) mass is 347 g/mol. The summed E-state index contributed by atoms with van der Waals surface area (Å²) in [5.74, 6) is -1.31. The van der Waals surface area contributed by atoms with E-state index in [-0.39, 0.29) is 28.5 Å². The van der Waals surface area contributed by atoms with Gasteiger partial charge in [0.2, 0.25) is 5.91 Å². The van der Waals surface area contributed by atoms with Gasteiger partial charge in [0.1, 0.15) is 11.6 Å². The zero-order valence-electron chi connectivity index (χ0n) is 11.2. The van der Waals surface area contributed by atoms with Gasteiger partial charge in [-0.3, -0.25) is 4.79 Å². The van der Waals surface area contributed by atoms with E-state index < -0.39 is 11.6 Å². The molecule has 3 nitrogen and oxygen atoms in total. The van der Waals surface area contributed by atoms with Crippen LogP contribution in [0.25, 0.3) is 0 Å². The predicted octanol–water partition coefficient (Wildman–Crippen LogP) is 2.91. The number of benzene rings is 1. The van der Waals surface area contributed by atoms with Crippen LogP contribution in [-0.4, -0.2) is 37.1 Å². The van der Waals surface area contributed by atoms with E-state index in [1.807, 2.05) is 0 Å². The third-order valence-electron chi connectivity index (χ3n) is 3.56. The van der Waals surface area contributed by atoms with Crippen molar-refractivity contribution in [3.8, 4) is 0 Å². The summed E-state index contributed by atoms with van der Waals surface area (Å²) in [5.41, 5.74) is 0.0876. The molecule has 1 heterocycles. The van der Waals surface area contributed by atoms with Gasteiger partial charge in [0, 0.05) is 25.8 Å². The Morgan fingerprint density at radius 2 is 2.00 bits per heavy atom. The molecule has 110 valence electrons. The quantitative estimate of drug-likeness (QED) is 0.787. The van der Waals surface area contributed by atoms with Crippen LogP contribution in [0.15, 0.2) is 16.6 Å². The summed E-state index contributed by atoms with van der Waals surface area (Å²) in [6.45, 7) is 1.19. The van der Waals surface area contributed by atoms with E-state index in [2.05, 4.69) is 15.9 Å². The molecule has 1 aromatic rings. The highest BCUT2D eigenvalue weighted by atomic mass is 79.9. The van der Waals surface area contributed by atoms with Crippen molar-refractivity contribution in [2.75, 3.05) is 20.2 Å². The Kier molecular flexibility index (Phi) is 5.10. The molecule has 1 aliphatic rings. The minimum atomic E-state index is -0.571. The number of amides is 1. The molecule has 1 fully saturated rings. The summed E-state index contributed by atoms with van der Waals surface area (Å²) >= 11 is 2.91. The van der Waals surface area contributed by atoms with Gasteiger partial charge in [-0.15, -0.1) is 0 Å². The number of rotatable bonds is 3. The largest absolute Gasteiger partial charge is 0.381 e. The molecule has 0 unspecified atom stereocenters. The molecule has 0 aliphatic carbocycles. The summed E-state index contributed by atoms with van der Waals surface area (Å²) in [6.07, 6.45) is 1.62. The number of hydrogen-bond donors (Lipinski definition) is 0. The second-order valence-corrected chi connectivity index (χ2v) is 5.70. The van der Waals surface area contributed by atoms with E-state index in [9.17, 15) is 13.6 Å². The lowest BCUT2D eigenvalue weighted by Gasteiger charge is -2.31. The molecule has 0 saturated carbocycles. The molecule has 0 radical (unpaired) electrons. The second kappa shape index (κ2) is 6.63. The summed E-state index contributed by atoms with van der Waals surface area (Å²) in [5, 5.41) is 0. The Morgan fingerprint density at radius 1 is 1.35 bits per heavy atom. The molecule has 0 aromatic heterocycles. The molecule has 20 heavy (non-hydrogen) atoms. The normalized spacial score (nSPS) is 16.5. The summed E-state index contributed by atoms with van der Waals surface area (Å²) in [4.78, 5) is 13.8. The molecule has 1 amide bonds. The highest BCUT2D eigenvalue weighted by Crippen LogP contribution is 2.21. The van der Waals surface area contributed by atoms with Crippen LogP contribution in [0.3, 0.4) is 0 Å². The SMILES string of the molecule is COC1CCN(C(=O)Cc2cc(F)c(Br)cc2F)CC1. The van der Waals surface area contributed by atoms with Crippen molar-refractivity contribution in [1.29, 1.82) is 0 Å². The van der Waals surface area contributed by atoms with Crippen molar-refractivity contribution < 1.29 is 18.3 Å². The average molecular weight is 348 g/mol. The first-order valence-corrected chi connectivity index (χ1v) is 7.24. The van der Waals surface area contributed by atoms with E-state index >= 15 is 0 Å². The molecule has 0 N–H and O–H groups in total. The van der Waals surface area contributed by atoms with Gasteiger partial charge in [-0.25, -0.2) is 8.78 Å². The first kappa shape index (κ1) is 15.4. The maximum absolute atomic E-state index is 13.7. The summed E-state index contributed by atoms with van der Waals surface area (Å²) in [7, 11) is 1.65. The van der Waals surface area contributed by atoms with Crippen LogP contribution in [0.2, 0.25) is 0 Å². The Hall–Kier alpha value is -1.01. The van der Waals surface area contributed by atoms with Crippen LogP contribution < -0.4 is 0 Å². The highest BCUT2D eigenvalue weighted by Gasteiger charge is 2.23. The fourth-order valence-corrected chi connectivity index (χ4v) is 2.63. The van der Waals surface area contributed by atoms with Crippen LogP contribution >= 0.6 is 15.9 Å². The molecule has 2 rings (SSSR count). The van der Waals surface area contributed by atoms with E-state index in [1.54, 1.807) is 12.0 Å². The molecule has 6 heteroatoms. The molecular weight excluding hydrogens is 332 g/mol. The first-order valence-electron chi connectivity index (χ1n) is 6.45. The third kappa shape index (κ3) is 3.55. The topological polar surface area (TPSA) is 29.5 Å². The van der Waals surface area contributed by atoms with E-state index in [1.165, 1.54) is 0 Å². The zero-order chi connectivity index (χ0) is 14.7. The van der Waals surface area contributed by atoms with Crippen molar-refractivity contribution in [1.82, 2.24) is 4.90 Å². The minimum Gasteiger partial charge on any atom is -0.381 e. The number of nitrogens with zero attached hydrogens (tertiary/aromatic N) is 1. The Morgan fingerprint density at radius 3 is 2.60 bits per heavy atom. The molecule has 0 atom stereocenters. The molecule has 0 bridgehead atoms. The Balaban J connectivity index is 2.00. The average Bonchev–Trinajstić information content (AvgIpc) is 2.44. The molecule has 1 aromatic carbocycles. The standard InChI is InChI=1S/C14H16BrF2NO2/c1-20-10-2-4-18(5-3-10)14(19)7-9-6-13(17)11(15)8-12(9)16/h6,8,10H,2-5,7H2,1H3. The van der Waals surface area contributed by atoms with E-state index in [4.69, 9.17) is 4.74 Å². The lowest BCUT2D eigenvalue weighted by atomic mass is 10.1. The van der Waals surface area contributed by atoms with Gasteiger partial charge in [-0.05, 0) is 40.9 Å². The fraction of sp³-hybridized carbons (Fsp3) is 0.500. The first-order chi connectivity index (χ1) is 9.51. The van der Waals surface area contributed by atoms with Crippen LogP contribution in [0.5, 0.6) is 0 Å². The lowest BCUT2D eigenvalue weighted by molar-refractivity contribution is -0.132. The van der Waals surface area contributed by atoms with Gasteiger partial charge in [0.25, 0.3) is 0 Å². The Bertz CT molecular complexity index is 502. The van der Waals surface area contributed by atoms with E-state index in [0.29, 0.717) is 13.1 Å². The number of carbonyl (C=O) groups is 1. The van der Waals surface area contributed by atoms with Gasteiger partial charge in [-0.2, -0.15) is 0 Å². The predicted molar refractivity (Wildman–Crippen MR) is 74.4 cm³/mol. The number of ether oxygens (including phenoxy) is 1. The van der Waals surface area contributed by atoms with Crippen molar-refractivity contribution in [3.05, 3.63) is 33.8 Å². The number of carbonyl (C=O) groups excluding carboxylic acids is 1. The number of halogens is 3. The number of piperidine rings is 1.